The van der Waals surface area contributed by atoms with E-state index >= 15 is 0 Å². The van der Waals surface area contributed by atoms with Gasteiger partial charge in [0.15, 0.2) is 0 Å². The van der Waals surface area contributed by atoms with Crippen molar-refractivity contribution >= 4 is 11.8 Å². The molecule has 0 bridgehead atoms. The molecule has 1 aromatic rings. The molecule has 1 heterocycles. The lowest BCUT2D eigenvalue weighted by atomic mass is 9.80. The van der Waals surface area contributed by atoms with Crippen LogP contribution in [-0.2, 0) is 4.79 Å². The number of aryl methyl sites for hydroxylation is 1. The fourth-order valence-electron chi connectivity index (χ4n) is 3.58. The van der Waals surface area contributed by atoms with Gasteiger partial charge in [-0.25, -0.2) is 0 Å². The van der Waals surface area contributed by atoms with Crippen molar-refractivity contribution in [2.45, 2.75) is 52.5 Å². The summed E-state index contributed by atoms with van der Waals surface area (Å²) in [6, 6.07) is 7.72. The van der Waals surface area contributed by atoms with Gasteiger partial charge in [0, 0.05) is 31.2 Å². The summed E-state index contributed by atoms with van der Waals surface area (Å²) in [5.41, 5.74) is 7.17. The van der Waals surface area contributed by atoms with Gasteiger partial charge >= 0.3 is 0 Å². The molecule has 5 nitrogen and oxygen atoms in total. The fraction of sp³-hybridized carbons (Fsp3) is 0.600. The van der Waals surface area contributed by atoms with Crippen LogP contribution in [0, 0.1) is 12.3 Å². The van der Waals surface area contributed by atoms with Gasteiger partial charge in [-0.2, -0.15) is 0 Å². The predicted molar refractivity (Wildman–Crippen MR) is 100 cm³/mol. The lowest BCUT2D eigenvalue weighted by molar-refractivity contribution is -0.143. The molecular weight excluding hydrogens is 314 g/mol. The number of nitrogens with zero attached hydrogens (tertiary/aromatic N) is 1. The summed E-state index contributed by atoms with van der Waals surface area (Å²) >= 11 is 0. The van der Waals surface area contributed by atoms with E-state index in [1.165, 1.54) is 0 Å². The van der Waals surface area contributed by atoms with Crippen molar-refractivity contribution in [1.82, 2.24) is 10.2 Å². The number of hydrogen-bond acceptors (Lipinski definition) is 3. The SMILES string of the molecule is CCC(CC)(CN)C(=O)N1CCC(NC(=O)c2ccccc2C)CC1. The van der Waals surface area contributed by atoms with Gasteiger partial charge in [-0.1, -0.05) is 32.0 Å². The minimum Gasteiger partial charge on any atom is -0.349 e. The van der Waals surface area contributed by atoms with Crippen molar-refractivity contribution in [3.05, 3.63) is 35.4 Å². The van der Waals surface area contributed by atoms with Crippen LogP contribution in [0.3, 0.4) is 0 Å². The third-order valence-electron chi connectivity index (χ3n) is 5.71. The molecule has 5 heteroatoms. The fourth-order valence-corrected chi connectivity index (χ4v) is 3.58. The normalized spacial score (nSPS) is 15.9. The van der Waals surface area contributed by atoms with Crippen LogP contribution >= 0.6 is 0 Å². The lowest BCUT2D eigenvalue weighted by Gasteiger charge is -2.39. The van der Waals surface area contributed by atoms with E-state index in [0.29, 0.717) is 19.6 Å². The zero-order valence-electron chi connectivity index (χ0n) is 15.7. The van der Waals surface area contributed by atoms with Crippen LogP contribution in [0.15, 0.2) is 24.3 Å². The molecule has 2 rings (SSSR count). The Bertz CT molecular complexity index is 594. The van der Waals surface area contributed by atoms with Crippen molar-refractivity contribution in [3.8, 4) is 0 Å². The molecule has 0 spiro atoms. The summed E-state index contributed by atoms with van der Waals surface area (Å²) in [4.78, 5) is 27.2. The van der Waals surface area contributed by atoms with E-state index in [9.17, 15) is 9.59 Å². The first-order valence-electron chi connectivity index (χ1n) is 9.33. The molecule has 1 aliphatic heterocycles. The predicted octanol–water partition coefficient (Wildman–Crippen LogP) is 2.48. The van der Waals surface area contributed by atoms with E-state index in [1.54, 1.807) is 0 Å². The molecule has 0 atom stereocenters. The number of amides is 2. The van der Waals surface area contributed by atoms with Crippen LogP contribution in [0.2, 0.25) is 0 Å². The molecule has 1 saturated heterocycles. The summed E-state index contributed by atoms with van der Waals surface area (Å²) < 4.78 is 0. The second-order valence-corrected chi connectivity index (χ2v) is 7.05. The van der Waals surface area contributed by atoms with Crippen LogP contribution in [0.5, 0.6) is 0 Å². The van der Waals surface area contributed by atoms with Crippen molar-refractivity contribution in [3.63, 3.8) is 0 Å². The topological polar surface area (TPSA) is 75.4 Å². The largest absolute Gasteiger partial charge is 0.349 e. The Morgan fingerprint density at radius 2 is 1.80 bits per heavy atom. The maximum Gasteiger partial charge on any atom is 0.251 e. The average molecular weight is 345 g/mol. The minimum absolute atomic E-state index is 0.0266. The molecule has 3 N–H and O–H groups in total. The maximum atomic E-state index is 12.9. The molecule has 0 radical (unpaired) electrons. The van der Waals surface area contributed by atoms with E-state index in [0.717, 1.165) is 36.8 Å². The quantitative estimate of drug-likeness (QED) is 0.832. The van der Waals surface area contributed by atoms with Gasteiger partial charge in [-0.05, 0) is 44.2 Å². The first kappa shape index (κ1) is 19.4. The molecule has 0 saturated carbocycles. The monoisotopic (exact) mass is 345 g/mol. The van der Waals surface area contributed by atoms with Gasteiger partial charge in [0.05, 0.1) is 5.41 Å². The van der Waals surface area contributed by atoms with Crippen LogP contribution in [0.25, 0.3) is 0 Å². The van der Waals surface area contributed by atoms with E-state index in [-0.39, 0.29) is 17.9 Å². The molecule has 1 aromatic carbocycles. The maximum absolute atomic E-state index is 12.9. The molecule has 1 fully saturated rings. The van der Waals surface area contributed by atoms with Gasteiger partial charge in [0.25, 0.3) is 5.91 Å². The first-order valence-corrected chi connectivity index (χ1v) is 9.33. The lowest BCUT2D eigenvalue weighted by Crippen LogP contribution is -2.52. The Kier molecular flexibility index (Phi) is 6.59. The Balaban J connectivity index is 1.92. The molecule has 1 aliphatic rings. The standard InChI is InChI=1S/C20H31N3O2/c1-4-20(5-2,14-21)19(25)23-12-10-16(11-13-23)22-18(24)17-9-7-6-8-15(17)3/h6-9,16H,4-5,10-14,21H2,1-3H3,(H,22,24). The molecule has 0 unspecified atom stereocenters. The summed E-state index contributed by atoms with van der Waals surface area (Å²) in [7, 11) is 0. The number of carbonyl (C=O) groups is 2. The van der Waals surface area contributed by atoms with E-state index in [4.69, 9.17) is 5.73 Å². The third kappa shape index (κ3) is 4.21. The van der Waals surface area contributed by atoms with E-state index in [2.05, 4.69) is 5.32 Å². The Hall–Kier alpha value is -1.88. The molecule has 138 valence electrons. The summed E-state index contributed by atoms with van der Waals surface area (Å²) in [5.74, 6) is 0.143. The second kappa shape index (κ2) is 8.48. The van der Waals surface area contributed by atoms with Crippen molar-refractivity contribution in [2.24, 2.45) is 11.1 Å². The number of nitrogens with one attached hydrogen (secondary N) is 1. The number of piperidine rings is 1. The molecular formula is C20H31N3O2. The van der Waals surface area contributed by atoms with Crippen molar-refractivity contribution in [1.29, 1.82) is 0 Å². The summed E-state index contributed by atoms with van der Waals surface area (Å²) in [6.45, 7) is 7.76. The number of benzene rings is 1. The van der Waals surface area contributed by atoms with Crippen molar-refractivity contribution in [2.75, 3.05) is 19.6 Å². The number of likely N-dealkylation sites (tertiary alicyclic amines) is 1. The Morgan fingerprint density at radius 3 is 2.32 bits per heavy atom. The average Bonchev–Trinajstić information content (AvgIpc) is 2.64. The summed E-state index contributed by atoms with van der Waals surface area (Å²) in [5, 5.41) is 3.11. The zero-order valence-corrected chi connectivity index (χ0v) is 15.7. The van der Waals surface area contributed by atoms with Gasteiger partial charge in [0.1, 0.15) is 0 Å². The molecule has 2 amide bonds. The number of rotatable bonds is 6. The van der Waals surface area contributed by atoms with Gasteiger partial charge in [-0.15, -0.1) is 0 Å². The minimum atomic E-state index is -0.433. The summed E-state index contributed by atoms with van der Waals surface area (Å²) in [6.07, 6.45) is 3.11. The number of hydrogen-bond donors (Lipinski definition) is 2. The Morgan fingerprint density at radius 1 is 1.20 bits per heavy atom. The highest BCUT2D eigenvalue weighted by Gasteiger charge is 2.38. The zero-order chi connectivity index (χ0) is 18.4. The molecule has 0 aromatic heterocycles. The van der Waals surface area contributed by atoms with Crippen molar-refractivity contribution < 1.29 is 9.59 Å². The highest BCUT2D eigenvalue weighted by molar-refractivity contribution is 5.95. The smallest absolute Gasteiger partial charge is 0.251 e. The van der Waals surface area contributed by atoms with Crippen LogP contribution in [0.1, 0.15) is 55.5 Å². The van der Waals surface area contributed by atoms with Gasteiger partial charge in [-0.3, -0.25) is 9.59 Å². The number of nitrogens with two attached hydrogens (primary N) is 1. The third-order valence-corrected chi connectivity index (χ3v) is 5.71. The second-order valence-electron chi connectivity index (χ2n) is 7.05. The molecule has 25 heavy (non-hydrogen) atoms. The van der Waals surface area contributed by atoms with E-state index < -0.39 is 5.41 Å². The van der Waals surface area contributed by atoms with E-state index in [1.807, 2.05) is 49.9 Å². The van der Waals surface area contributed by atoms with Crippen LogP contribution in [-0.4, -0.2) is 42.4 Å². The van der Waals surface area contributed by atoms with Gasteiger partial charge < -0.3 is 16.0 Å². The molecule has 0 aliphatic carbocycles. The number of carbonyl (C=O) groups excluding carboxylic acids is 2. The van der Waals surface area contributed by atoms with Gasteiger partial charge in [0.2, 0.25) is 5.91 Å². The highest BCUT2D eigenvalue weighted by Crippen LogP contribution is 2.29. The van der Waals surface area contributed by atoms with Crippen LogP contribution in [0.4, 0.5) is 0 Å². The Labute approximate surface area is 151 Å². The van der Waals surface area contributed by atoms with Crippen LogP contribution < -0.4 is 11.1 Å². The highest BCUT2D eigenvalue weighted by atomic mass is 16.2. The first-order chi connectivity index (χ1) is 12.0.